The molecule has 2 rings (SSSR count). The van der Waals surface area contributed by atoms with Crippen LogP contribution >= 0.6 is 0 Å². The highest BCUT2D eigenvalue weighted by Crippen LogP contribution is 2.11. The van der Waals surface area contributed by atoms with Crippen molar-refractivity contribution in [3.05, 3.63) is 24.4 Å². The maximum atomic E-state index is 11.3. The van der Waals surface area contributed by atoms with Crippen molar-refractivity contribution in [1.82, 2.24) is 0 Å². The van der Waals surface area contributed by atoms with Gasteiger partial charge in [-0.05, 0) is 6.08 Å². The first-order chi connectivity index (χ1) is 6.31. The van der Waals surface area contributed by atoms with Crippen molar-refractivity contribution < 1.29 is 9.53 Å². The Hall–Kier alpha value is -1.71. The van der Waals surface area contributed by atoms with Gasteiger partial charge in [0.1, 0.15) is 0 Å². The normalized spacial score (nSPS) is 25.0. The van der Waals surface area contributed by atoms with Gasteiger partial charge >= 0.3 is 0 Å². The van der Waals surface area contributed by atoms with E-state index in [4.69, 9.17) is 4.74 Å². The van der Waals surface area contributed by atoms with Crippen LogP contribution in [0.5, 0.6) is 0 Å². The van der Waals surface area contributed by atoms with Crippen LogP contribution in [-0.4, -0.2) is 30.5 Å². The number of hydrogen-bond donors (Lipinski definition) is 0. The predicted octanol–water partition coefficient (Wildman–Crippen LogP) is 0.507. The van der Waals surface area contributed by atoms with Crippen LogP contribution in [-0.2, 0) is 9.53 Å². The minimum Gasteiger partial charge on any atom is -0.481 e. The molecule has 0 aromatic heterocycles. The van der Waals surface area contributed by atoms with Gasteiger partial charge in [-0.15, -0.1) is 0 Å². The van der Waals surface area contributed by atoms with Crippen LogP contribution in [0.2, 0.25) is 0 Å². The number of aliphatic imine (C=N–C) groups is 2. The summed E-state index contributed by atoms with van der Waals surface area (Å²) in [6.45, 7) is 0. The second-order valence-corrected chi connectivity index (χ2v) is 2.68. The number of hydrogen-bond acceptors (Lipinski definition) is 4. The third-order valence-corrected chi connectivity index (χ3v) is 1.87. The van der Waals surface area contributed by atoms with E-state index in [1.807, 2.05) is 0 Å². The summed E-state index contributed by atoms with van der Waals surface area (Å²) in [5.74, 6) is 0.413. The first-order valence-corrected chi connectivity index (χ1v) is 3.89. The van der Waals surface area contributed by atoms with Gasteiger partial charge in [-0.1, -0.05) is 0 Å². The van der Waals surface area contributed by atoms with E-state index in [-0.39, 0.29) is 5.78 Å². The lowest BCUT2D eigenvalue weighted by Gasteiger charge is -2.16. The summed E-state index contributed by atoms with van der Waals surface area (Å²) in [7, 11) is 1.52. The Morgan fingerprint density at radius 3 is 3.00 bits per heavy atom. The smallest absolute Gasteiger partial charge is 0.209 e. The molecule has 1 unspecified atom stereocenters. The van der Waals surface area contributed by atoms with E-state index in [2.05, 4.69) is 9.98 Å². The van der Waals surface area contributed by atoms with Gasteiger partial charge in [-0.25, -0.2) is 4.99 Å². The summed E-state index contributed by atoms with van der Waals surface area (Å²) in [4.78, 5) is 19.4. The lowest BCUT2D eigenvalue weighted by atomic mass is 10.0. The lowest BCUT2D eigenvalue weighted by Crippen LogP contribution is -2.31. The third kappa shape index (κ3) is 1.30. The van der Waals surface area contributed by atoms with E-state index in [1.165, 1.54) is 19.4 Å². The van der Waals surface area contributed by atoms with Gasteiger partial charge in [0.2, 0.25) is 5.90 Å². The Balaban J connectivity index is 2.36. The molecular formula is C9H8N2O2. The molecule has 66 valence electrons. The molecule has 0 fully saturated rings. The molecule has 4 heteroatoms. The quantitative estimate of drug-likeness (QED) is 0.540. The predicted molar refractivity (Wildman–Crippen MR) is 49.0 cm³/mol. The van der Waals surface area contributed by atoms with E-state index in [0.29, 0.717) is 11.6 Å². The van der Waals surface area contributed by atoms with Crippen molar-refractivity contribution in [3.63, 3.8) is 0 Å². The van der Waals surface area contributed by atoms with Gasteiger partial charge in [0.15, 0.2) is 11.8 Å². The molecule has 0 saturated heterocycles. The number of carbonyl (C=O) groups excluding carboxylic acids is 1. The summed E-state index contributed by atoms with van der Waals surface area (Å²) >= 11 is 0. The average Bonchev–Trinajstić information content (AvgIpc) is 2.18. The molecule has 0 N–H and O–H groups in total. The molecule has 4 nitrogen and oxygen atoms in total. The van der Waals surface area contributed by atoms with E-state index >= 15 is 0 Å². The first-order valence-electron chi connectivity index (χ1n) is 3.89. The minimum atomic E-state index is -0.495. The molecule has 2 aliphatic heterocycles. The maximum Gasteiger partial charge on any atom is 0.209 e. The molecule has 1 atom stereocenters. The van der Waals surface area contributed by atoms with Crippen LogP contribution in [0.3, 0.4) is 0 Å². The molecule has 0 spiro atoms. The number of carbonyl (C=O) groups is 1. The highest BCUT2D eigenvalue weighted by atomic mass is 16.5. The van der Waals surface area contributed by atoms with Crippen molar-refractivity contribution in [1.29, 1.82) is 0 Å². The average molecular weight is 176 g/mol. The van der Waals surface area contributed by atoms with Crippen molar-refractivity contribution in [2.24, 2.45) is 9.98 Å². The van der Waals surface area contributed by atoms with Gasteiger partial charge in [0, 0.05) is 18.4 Å². The fourth-order valence-corrected chi connectivity index (χ4v) is 1.22. The SMILES string of the molecule is COC1=NC2C(=O)C=CN=C2C=C1. The second-order valence-electron chi connectivity index (χ2n) is 2.68. The lowest BCUT2D eigenvalue weighted by molar-refractivity contribution is -0.114. The molecule has 0 aromatic carbocycles. The second kappa shape index (κ2) is 2.97. The monoisotopic (exact) mass is 176 g/mol. The molecule has 0 amide bonds. The van der Waals surface area contributed by atoms with Crippen LogP contribution in [0.1, 0.15) is 0 Å². The standard InChI is InChI=1S/C9H8N2O2/c1-13-8-3-2-6-9(11-8)7(12)4-5-10-6/h2-5,9H,1H3. The molecule has 2 heterocycles. The Morgan fingerprint density at radius 2 is 2.23 bits per heavy atom. The number of rotatable bonds is 0. The van der Waals surface area contributed by atoms with Crippen LogP contribution in [0.15, 0.2) is 34.4 Å². The summed E-state index contributed by atoms with van der Waals surface area (Å²) < 4.78 is 4.92. The van der Waals surface area contributed by atoms with E-state index in [1.54, 1.807) is 12.2 Å². The first kappa shape index (κ1) is 7.91. The van der Waals surface area contributed by atoms with Gasteiger partial charge in [-0.3, -0.25) is 9.79 Å². The number of dihydropyridines is 1. The zero-order valence-electron chi connectivity index (χ0n) is 7.10. The van der Waals surface area contributed by atoms with Gasteiger partial charge in [0.05, 0.1) is 12.8 Å². The molecule has 0 bridgehead atoms. The van der Waals surface area contributed by atoms with Crippen LogP contribution in [0.25, 0.3) is 0 Å². The number of nitrogens with zero attached hydrogens (tertiary/aromatic N) is 2. The minimum absolute atomic E-state index is 0.0519. The zero-order valence-corrected chi connectivity index (χ0v) is 7.10. The Kier molecular flexibility index (Phi) is 1.81. The summed E-state index contributed by atoms with van der Waals surface area (Å²) in [5.41, 5.74) is 0.674. The number of methoxy groups -OCH3 is 1. The summed E-state index contributed by atoms with van der Waals surface area (Å²) in [6.07, 6.45) is 6.36. The highest BCUT2D eigenvalue weighted by molar-refractivity contribution is 6.22. The van der Waals surface area contributed by atoms with E-state index in [9.17, 15) is 4.79 Å². The number of fused-ring (bicyclic) bond motifs is 1. The fourth-order valence-electron chi connectivity index (χ4n) is 1.22. The van der Waals surface area contributed by atoms with Crippen molar-refractivity contribution in [3.8, 4) is 0 Å². The zero-order chi connectivity index (χ0) is 9.26. The maximum absolute atomic E-state index is 11.3. The van der Waals surface area contributed by atoms with E-state index in [0.717, 1.165) is 0 Å². The molecular weight excluding hydrogens is 168 g/mol. The topological polar surface area (TPSA) is 51.0 Å². The molecule has 13 heavy (non-hydrogen) atoms. The van der Waals surface area contributed by atoms with Crippen LogP contribution in [0, 0.1) is 0 Å². The molecule has 2 aliphatic rings. The van der Waals surface area contributed by atoms with Gasteiger partial charge in [0.25, 0.3) is 0 Å². The molecule has 0 saturated carbocycles. The Labute approximate surface area is 75.3 Å². The number of ether oxygens (including phenoxy) is 1. The van der Waals surface area contributed by atoms with E-state index < -0.39 is 6.04 Å². The van der Waals surface area contributed by atoms with Gasteiger partial charge < -0.3 is 4.74 Å². The largest absolute Gasteiger partial charge is 0.481 e. The Morgan fingerprint density at radius 1 is 1.38 bits per heavy atom. The molecule has 0 aromatic rings. The molecule has 0 aliphatic carbocycles. The molecule has 0 radical (unpaired) electrons. The van der Waals surface area contributed by atoms with Crippen LogP contribution < -0.4 is 0 Å². The summed E-state index contributed by atoms with van der Waals surface area (Å²) in [5, 5.41) is 0. The number of ketones is 1. The Bertz CT molecular complexity index is 364. The van der Waals surface area contributed by atoms with Crippen molar-refractivity contribution >= 4 is 17.4 Å². The third-order valence-electron chi connectivity index (χ3n) is 1.87. The summed E-state index contributed by atoms with van der Waals surface area (Å²) in [6, 6.07) is -0.495. The fraction of sp³-hybridized carbons (Fsp3) is 0.222. The van der Waals surface area contributed by atoms with Crippen molar-refractivity contribution in [2.45, 2.75) is 6.04 Å². The van der Waals surface area contributed by atoms with Crippen LogP contribution in [0.4, 0.5) is 0 Å². The van der Waals surface area contributed by atoms with Gasteiger partial charge in [-0.2, -0.15) is 0 Å². The van der Waals surface area contributed by atoms with Crippen molar-refractivity contribution in [2.75, 3.05) is 7.11 Å². The highest BCUT2D eigenvalue weighted by Gasteiger charge is 2.25.